The van der Waals surface area contributed by atoms with E-state index in [0.29, 0.717) is 0 Å². The molecule has 1 rings (SSSR count). The Morgan fingerprint density at radius 1 is 1.44 bits per heavy atom. The third-order valence-electron chi connectivity index (χ3n) is 2.51. The molecule has 0 spiro atoms. The Kier molecular flexibility index (Phi) is 2.52. The fourth-order valence-electron chi connectivity index (χ4n) is 1.79. The molecule has 0 aromatic carbocycles. The molecular formula is C8H17N. The van der Waals surface area contributed by atoms with Gasteiger partial charge in [-0.1, -0.05) is 19.8 Å². The Labute approximate surface area is 57.8 Å². The molecule has 2 atom stereocenters. The molecule has 0 heterocycles. The maximum Gasteiger partial charge on any atom is -0.00210 e. The highest BCUT2D eigenvalue weighted by Gasteiger charge is 2.21. The van der Waals surface area contributed by atoms with Gasteiger partial charge in [-0.15, -0.1) is 0 Å². The van der Waals surface area contributed by atoms with Crippen molar-refractivity contribution in [3.8, 4) is 0 Å². The van der Waals surface area contributed by atoms with Gasteiger partial charge in [-0.25, -0.2) is 0 Å². The molecule has 1 aliphatic rings. The summed E-state index contributed by atoms with van der Waals surface area (Å²) >= 11 is 0. The molecule has 1 N–H and O–H groups in total. The summed E-state index contributed by atoms with van der Waals surface area (Å²) in [6.07, 6.45) is 4.35. The normalized spacial score (nSPS) is 35.3. The second kappa shape index (κ2) is 3.21. The largest absolute Gasteiger partial charge is 0.319 e. The van der Waals surface area contributed by atoms with E-state index in [1.807, 2.05) is 7.05 Å². The van der Waals surface area contributed by atoms with Crippen molar-refractivity contribution in [2.75, 3.05) is 13.6 Å². The lowest BCUT2D eigenvalue weighted by Crippen LogP contribution is -2.20. The van der Waals surface area contributed by atoms with Gasteiger partial charge >= 0.3 is 0 Å². The lowest BCUT2D eigenvalue weighted by molar-refractivity contribution is 0.405. The van der Waals surface area contributed by atoms with Gasteiger partial charge in [0, 0.05) is 0 Å². The lowest BCUT2D eigenvalue weighted by atomic mass is 9.98. The summed E-state index contributed by atoms with van der Waals surface area (Å²) in [5.41, 5.74) is 0. The van der Waals surface area contributed by atoms with Crippen molar-refractivity contribution in [3.63, 3.8) is 0 Å². The standard InChI is InChI=1S/C8H17N/c1-7-4-3-5-8(7)6-9-2/h7-9H,3-6H2,1-2H3/t7-,8?/m0/s1. The Balaban J connectivity index is 2.22. The third kappa shape index (κ3) is 1.68. The van der Waals surface area contributed by atoms with Gasteiger partial charge in [0.05, 0.1) is 0 Å². The van der Waals surface area contributed by atoms with Crippen molar-refractivity contribution in [2.24, 2.45) is 11.8 Å². The van der Waals surface area contributed by atoms with E-state index in [0.717, 1.165) is 11.8 Å². The van der Waals surface area contributed by atoms with E-state index in [1.54, 1.807) is 0 Å². The molecule has 0 aromatic rings. The Bertz CT molecular complexity index is 80.6. The summed E-state index contributed by atoms with van der Waals surface area (Å²) in [4.78, 5) is 0. The van der Waals surface area contributed by atoms with Crippen LogP contribution in [0.2, 0.25) is 0 Å². The minimum atomic E-state index is 0.968. The van der Waals surface area contributed by atoms with Crippen LogP contribution < -0.4 is 5.32 Å². The zero-order valence-electron chi connectivity index (χ0n) is 6.48. The quantitative estimate of drug-likeness (QED) is 0.594. The molecule has 9 heavy (non-hydrogen) atoms. The molecule has 0 aromatic heterocycles. The van der Waals surface area contributed by atoms with Crippen LogP contribution in [0.3, 0.4) is 0 Å². The average Bonchev–Trinajstić information content (AvgIpc) is 2.18. The molecule has 0 bridgehead atoms. The summed E-state index contributed by atoms with van der Waals surface area (Å²) in [5, 5.41) is 3.24. The van der Waals surface area contributed by atoms with Crippen LogP contribution >= 0.6 is 0 Å². The smallest absolute Gasteiger partial charge is 0.00210 e. The zero-order valence-corrected chi connectivity index (χ0v) is 6.48. The maximum absolute atomic E-state index is 3.24. The molecule has 1 aliphatic carbocycles. The molecule has 1 nitrogen and oxygen atoms in total. The van der Waals surface area contributed by atoms with E-state index >= 15 is 0 Å². The van der Waals surface area contributed by atoms with Crippen LogP contribution in [0.5, 0.6) is 0 Å². The van der Waals surface area contributed by atoms with Gasteiger partial charge in [0.2, 0.25) is 0 Å². The fraction of sp³-hybridized carbons (Fsp3) is 1.00. The first-order valence-electron chi connectivity index (χ1n) is 3.99. The molecule has 0 radical (unpaired) electrons. The molecule has 1 unspecified atom stereocenters. The van der Waals surface area contributed by atoms with E-state index in [-0.39, 0.29) is 0 Å². The van der Waals surface area contributed by atoms with E-state index in [2.05, 4.69) is 12.2 Å². The average molecular weight is 127 g/mol. The van der Waals surface area contributed by atoms with Crippen LogP contribution in [-0.4, -0.2) is 13.6 Å². The van der Waals surface area contributed by atoms with Crippen LogP contribution in [0.25, 0.3) is 0 Å². The molecule has 54 valence electrons. The number of hydrogen-bond donors (Lipinski definition) is 1. The third-order valence-corrected chi connectivity index (χ3v) is 2.51. The van der Waals surface area contributed by atoms with E-state index < -0.39 is 0 Å². The van der Waals surface area contributed by atoms with Crippen LogP contribution in [0.4, 0.5) is 0 Å². The highest BCUT2D eigenvalue weighted by Crippen LogP contribution is 2.30. The first-order chi connectivity index (χ1) is 4.34. The van der Waals surface area contributed by atoms with Gasteiger partial charge in [0.25, 0.3) is 0 Å². The number of rotatable bonds is 2. The molecule has 0 aliphatic heterocycles. The van der Waals surface area contributed by atoms with Crippen LogP contribution in [0.1, 0.15) is 26.2 Å². The SMILES string of the molecule is CNCC1CCC[C@@H]1C. The van der Waals surface area contributed by atoms with Crippen molar-refractivity contribution in [1.29, 1.82) is 0 Å². The molecule has 1 heteroatoms. The monoisotopic (exact) mass is 127 g/mol. The highest BCUT2D eigenvalue weighted by atomic mass is 14.8. The van der Waals surface area contributed by atoms with Gasteiger partial charge in [-0.2, -0.15) is 0 Å². The summed E-state index contributed by atoms with van der Waals surface area (Å²) in [7, 11) is 2.05. The number of nitrogens with one attached hydrogen (secondary N) is 1. The number of hydrogen-bond acceptors (Lipinski definition) is 1. The topological polar surface area (TPSA) is 12.0 Å². The van der Waals surface area contributed by atoms with Crippen molar-refractivity contribution < 1.29 is 0 Å². The van der Waals surface area contributed by atoms with Crippen molar-refractivity contribution >= 4 is 0 Å². The van der Waals surface area contributed by atoms with Crippen LogP contribution in [0.15, 0.2) is 0 Å². The maximum atomic E-state index is 3.24. The summed E-state index contributed by atoms with van der Waals surface area (Å²) in [6, 6.07) is 0. The van der Waals surface area contributed by atoms with Gasteiger partial charge in [-0.05, 0) is 31.8 Å². The van der Waals surface area contributed by atoms with E-state index in [1.165, 1.54) is 25.8 Å². The second-order valence-electron chi connectivity index (χ2n) is 3.23. The fourth-order valence-corrected chi connectivity index (χ4v) is 1.79. The molecule has 1 fully saturated rings. The zero-order chi connectivity index (χ0) is 6.69. The molecule has 1 saturated carbocycles. The second-order valence-corrected chi connectivity index (χ2v) is 3.23. The van der Waals surface area contributed by atoms with Crippen molar-refractivity contribution in [2.45, 2.75) is 26.2 Å². The van der Waals surface area contributed by atoms with E-state index in [4.69, 9.17) is 0 Å². The van der Waals surface area contributed by atoms with E-state index in [9.17, 15) is 0 Å². The first-order valence-corrected chi connectivity index (χ1v) is 3.99. The summed E-state index contributed by atoms with van der Waals surface area (Å²) in [6.45, 7) is 3.59. The highest BCUT2D eigenvalue weighted by molar-refractivity contribution is 4.74. The van der Waals surface area contributed by atoms with Gasteiger partial charge in [0.15, 0.2) is 0 Å². The van der Waals surface area contributed by atoms with Crippen LogP contribution in [0, 0.1) is 11.8 Å². The first kappa shape index (κ1) is 7.07. The van der Waals surface area contributed by atoms with Crippen molar-refractivity contribution in [1.82, 2.24) is 5.32 Å². The summed E-state index contributed by atoms with van der Waals surface area (Å²) in [5.74, 6) is 1.94. The van der Waals surface area contributed by atoms with Crippen molar-refractivity contribution in [3.05, 3.63) is 0 Å². The Hall–Kier alpha value is -0.0400. The predicted molar refractivity (Wildman–Crippen MR) is 40.4 cm³/mol. The molecular weight excluding hydrogens is 110 g/mol. The minimum absolute atomic E-state index is 0.968. The Morgan fingerprint density at radius 3 is 2.67 bits per heavy atom. The molecule has 0 saturated heterocycles. The minimum Gasteiger partial charge on any atom is -0.319 e. The van der Waals surface area contributed by atoms with Gasteiger partial charge in [-0.3, -0.25) is 0 Å². The predicted octanol–water partition coefficient (Wildman–Crippen LogP) is 1.64. The summed E-state index contributed by atoms with van der Waals surface area (Å²) < 4.78 is 0. The van der Waals surface area contributed by atoms with Crippen LogP contribution in [-0.2, 0) is 0 Å². The Morgan fingerprint density at radius 2 is 2.22 bits per heavy atom. The van der Waals surface area contributed by atoms with Gasteiger partial charge < -0.3 is 5.32 Å². The van der Waals surface area contributed by atoms with Gasteiger partial charge in [0.1, 0.15) is 0 Å². The lowest BCUT2D eigenvalue weighted by Gasteiger charge is -2.13. The molecule has 0 amide bonds.